The summed E-state index contributed by atoms with van der Waals surface area (Å²) in [5, 5.41) is 6.96. The van der Waals surface area contributed by atoms with Crippen LogP contribution in [0.1, 0.15) is 20.8 Å². The van der Waals surface area contributed by atoms with Crippen LogP contribution in [0.2, 0.25) is 0 Å². The fraction of sp³-hybridized carbons (Fsp3) is 0.500. The fourth-order valence-electron chi connectivity index (χ4n) is 1.00. The Labute approximate surface area is 80.9 Å². The number of ketones is 1. The lowest BCUT2D eigenvalue weighted by atomic mass is 10.3. The minimum absolute atomic E-state index is 0.197. The van der Waals surface area contributed by atoms with E-state index in [1.54, 1.807) is 13.8 Å². The van der Waals surface area contributed by atoms with E-state index < -0.39 is 17.6 Å². The first-order valence-corrected chi connectivity index (χ1v) is 4.17. The number of rotatable bonds is 1. The predicted octanol–water partition coefficient (Wildman–Crippen LogP) is -0.744. The third kappa shape index (κ3) is 1.78. The molecule has 6 heteroatoms. The van der Waals surface area contributed by atoms with Gasteiger partial charge in [0.05, 0.1) is 6.04 Å². The predicted molar refractivity (Wildman–Crippen MR) is 48.2 cm³/mol. The molecule has 0 aromatic rings. The van der Waals surface area contributed by atoms with Crippen LogP contribution in [-0.4, -0.2) is 34.5 Å². The second-order valence-electron chi connectivity index (χ2n) is 3.20. The van der Waals surface area contributed by atoms with Crippen LogP contribution in [-0.2, 0) is 14.4 Å². The molecule has 0 saturated heterocycles. The monoisotopic (exact) mass is 197 g/mol. The van der Waals surface area contributed by atoms with Crippen LogP contribution in [0.15, 0.2) is 5.10 Å². The van der Waals surface area contributed by atoms with Crippen molar-refractivity contribution in [2.24, 2.45) is 5.10 Å². The van der Waals surface area contributed by atoms with Crippen molar-refractivity contribution in [3.63, 3.8) is 0 Å². The number of Topliss-reactive ketones (excluding diaryl/α,β-unsaturated/α-hetero) is 1. The minimum Gasteiger partial charge on any atom is -0.306 e. The number of hydrazone groups is 1. The van der Waals surface area contributed by atoms with E-state index in [0.717, 1.165) is 5.01 Å². The second-order valence-corrected chi connectivity index (χ2v) is 3.20. The van der Waals surface area contributed by atoms with Crippen molar-refractivity contribution in [1.82, 2.24) is 10.3 Å². The molecule has 1 aliphatic rings. The standard InChI is InChI=1S/C8H11N3O3/c1-4(2)11-8(14)6(13)7(10-11)9-5(3)12/h4H,1-3H3,(H,9,10,12). The van der Waals surface area contributed by atoms with Crippen molar-refractivity contribution in [1.29, 1.82) is 0 Å². The van der Waals surface area contributed by atoms with Gasteiger partial charge >= 0.3 is 5.91 Å². The summed E-state index contributed by atoms with van der Waals surface area (Å²) in [6.07, 6.45) is 0. The molecule has 0 aliphatic carbocycles. The number of nitrogens with one attached hydrogen (secondary N) is 1. The van der Waals surface area contributed by atoms with Crippen molar-refractivity contribution >= 4 is 23.4 Å². The lowest BCUT2D eigenvalue weighted by Crippen LogP contribution is -2.36. The molecule has 0 aromatic carbocycles. The van der Waals surface area contributed by atoms with Gasteiger partial charge in [0.25, 0.3) is 5.78 Å². The van der Waals surface area contributed by atoms with E-state index in [9.17, 15) is 14.4 Å². The van der Waals surface area contributed by atoms with Gasteiger partial charge in [0, 0.05) is 6.92 Å². The highest BCUT2D eigenvalue weighted by Gasteiger charge is 2.35. The molecule has 1 aliphatic heterocycles. The summed E-state index contributed by atoms with van der Waals surface area (Å²) in [4.78, 5) is 33.1. The third-order valence-electron chi connectivity index (χ3n) is 1.61. The van der Waals surface area contributed by atoms with Gasteiger partial charge < -0.3 is 5.32 Å². The van der Waals surface area contributed by atoms with Crippen molar-refractivity contribution in [2.45, 2.75) is 26.8 Å². The first kappa shape index (κ1) is 10.4. The first-order chi connectivity index (χ1) is 6.43. The number of amides is 2. The molecule has 0 atom stereocenters. The molecule has 76 valence electrons. The number of carbonyl (C=O) groups excluding carboxylic acids is 3. The zero-order valence-corrected chi connectivity index (χ0v) is 8.20. The van der Waals surface area contributed by atoms with Gasteiger partial charge in [-0.1, -0.05) is 0 Å². The van der Waals surface area contributed by atoms with Crippen LogP contribution in [0.25, 0.3) is 0 Å². The van der Waals surface area contributed by atoms with Crippen molar-refractivity contribution in [2.75, 3.05) is 0 Å². The molecule has 6 nitrogen and oxygen atoms in total. The highest BCUT2D eigenvalue weighted by Crippen LogP contribution is 2.07. The summed E-state index contributed by atoms with van der Waals surface area (Å²) in [5.41, 5.74) is 0. The maximum atomic E-state index is 11.2. The number of hydrogen-bond donors (Lipinski definition) is 1. The maximum absolute atomic E-state index is 11.2. The van der Waals surface area contributed by atoms with Gasteiger partial charge in [0.15, 0.2) is 0 Å². The molecule has 0 aromatic heterocycles. The Hall–Kier alpha value is -1.72. The summed E-state index contributed by atoms with van der Waals surface area (Å²) in [5.74, 6) is -2.09. The fourth-order valence-corrected chi connectivity index (χ4v) is 1.00. The quantitative estimate of drug-likeness (QED) is 0.562. The van der Waals surface area contributed by atoms with Gasteiger partial charge in [-0.2, -0.15) is 0 Å². The average Bonchev–Trinajstić information content (AvgIpc) is 2.32. The van der Waals surface area contributed by atoms with Gasteiger partial charge in [-0.25, -0.2) is 5.01 Å². The van der Waals surface area contributed by atoms with Crippen molar-refractivity contribution < 1.29 is 14.4 Å². The Bertz CT molecular complexity index is 333. The molecule has 1 rings (SSSR count). The Morgan fingerprint density at radius 3 is 2.36 bits per heavy atom. The van der Waals surface area contributed by atoms with Crippen LogP contribution >= 0.6 is 0 Å². The molecule has 1 heterocycles. The van der Waals surface area contributed by atoms with E-state index in [-0.39, 0.29) is 11.9 Å². The Balaban J connectivity index is 2.87. The molecule has 0 unspecified atom stereocenters. The van der Waals surface area contributed by atoms with Gasteiger partial charge in [-0.05, 0) is 13.8 Å². The van der Waals surface area contributed by atoms with Crippen LogP contribution in [0.3, 0.4) is 0 Å². The third-order valence-corrected chi connectivity index (χ3v) is 1.61. The molecular formula is C8H11N3O3. The Kier molecular flexibility index (Phi) is 2.64. The number of carbonyl (C=O) groups is 3. The Morgan fingerprint density at radius 1 is 1.43 bits per heavy atom. The van der Waals surface area contributed by atoms with Gasteiger partial charge in [0.1, 0.15) is 0 Å². The smallest absolute Gasteiger partial charge is 0.306 e. The second kappa shape index (κ2) is 3.57. The highest BCUT2D eigenvalue weighted by atomic mass is 16.2. The lowest BCUT2D eigenvalue weighted by molar-refractivity contribution is -0.140. The van der Waals surface area contributed by atoms with E-state index in [1.165, 1.54) is 6.92 Å². The van der Waals surface area contributed by atoms with Crippen molar-refractivity contribution in [3.8, 4) is 0 Å². The van der Waals surface area contributed by atoms with E-state index >= 15 is 0 Å². The lowest BCUT2D eigenvalue weighted by Gasteiger charge is -2.13. The molecule has 0 fully saturated rings. The topological polar surface area (TPSA) is 78.8 Å². The summed E-state index contributed by atoms with van der Waals surface area (Å²) >= 11 is 0. The van der Waals surface area contributed by atoms with Crippen LogP contribution < -0.4 is 5.32 Å². The highest BCUT2D eigenvalue weighted by molar-refractivity contribution is 6.67. The average molecular weight is 197 g/mol. The zero-order valence-electron chi connectivity index (χ0n) is 8.20. The van der Waals surface area contributed by atoms with E-state index in [1.807, 2.05) is 0 Å². The summed E-state index contributed by atoms with van der Waals surface area (Å²) < 4.78 is 0. The number of amidine groups is 1. The summed E-state index contributed by atoms with van der Waals surface area (Å²) in [6.45, 7) is 4.70. The minimum atomic E-state index is -0.770. The van der Waals surface area contributed by atoms with Gasteiger partial charge in [-0.3, -0.25) is 14.4 Å². The van der Waals surface area contributed by atoms with Crippen LogP contribution in [0.5, 0.6) is 0 Å². The van der Waals surface area contributed by atoms with E-state index in [0.29, 0.717) is 0 Å². The largest absolute Gasteiger partial charge is 0.318 e. The van der Waals surface area contributed by atoms with Crippen molar-refractivity contribution in [3.05, 3.63) is 0 Å². The molecule has 0 spiro atoms. The molecule has 0 saturated carbocycles. The molecule has 1 N–H and O–H groups in total. The zero-order chi connectivity index (χ0) is 10.9. The molecule has 0 radical (unpaired) electrons. The van der Waals surface area contributed by atoms with Gasteiger partial charge in [-0.15, -0.1) is 5.10 Å². The van der Waals surface area contributed by atoms with E-state index in [2.05, 4.69) is 10.4 Å². The number of hydrogen-bond acceptors (Lipinski definition) is 4. The molecule has 2 amide bonds. The normalized spacial score (nSPS) is 16.3. The maximum Gasteiger partial charge on any atom is 0.318 e. The van der Waals surface area contributed by atoms with Crippen LogP contribution in [0, 0.1) is 0 Å². The summed E-state index contributed by atoms with van der Waals surface area (Å²) in [7, 11) is 0. The molecule has 0 bridgehead atoms. The molecular weight excluding hydrogens is 186 g/mol. The summed E-state index contributed by atoms with van der Waals surface area (Å²) in [6, 6.07) is -0.197. The van der Waals surface area contributed by atoms with Crippen LogP contribution in [0.4, 0.5) is 0 Å². The van der Waals surface area contributed by atoms with E-state index in [4.69, 9.17) is 0 Å². The van der Waals surface area contributed by atoms with Gasteiger partial charge in [0.2, 0.25) is 11.7 Å². The molecule has 14 heavy (non-hydrogen) atoms. The number of nitrogens with zero attached hydrogens (tertiary/aromatic N) is 2. The first-order valence-electron chi connectivity index (χ1n) is 4.17. The Morgan fingerprint density at radius 2 is 2.00 bits per heavy atom. The SMILES string of the molecule is CC(=O)NC1=NN(C(C)C)C(=O)C1=O.